The number of nitrogens with zero attached hydrogens (tertiary/aromatic N) is 2. The molecule has 2 bridgehead atoms. The van der Waals surface area contributed by atoms with Crippen LogP contribution in [0.2, 0.25) is 18.1 Å². The van der Waals surface area contributed by atoms with Crippen LogP contribution in [0, 0.1) is 17.8 Å². The largest absolute Gasteiger partial charge is 0.448 e. The molecule has 0 heterocycles. The highest BCUT2D eigenvalue weighted by atomic mass is 28.4. The summed E-state index contributed by atoms with van der Waals surface area (Å²) in [5, 5.41) is 0.0507. The Morgan fingerprint density at radius 1 is 1.36 bits per heavy atom. The molecule has 7 heteroatoms. The number of alkyl halides is 1. The number of rotatable bonds is 4. The van der Waals surface area contributed by atoms with E-state index in [1.54, 1.807) is 6.92 Å². The summed E-state index contributed by atoms with van der Waals surface area (Å²) in [5.41, 5.74) is 7.29. The average molecular weight is 371 g/mol. The van der Waals surface area contributed by atoms with Crippen LogP contribution in [-0.2, 0) is 14.0 Å². The van der Waals surface area contributed by atoms with Crippen molar-refractivity contribution in [3.8, 4) is 0 Å². The van der Waals surface area contributed by atoms with Crippen molar-refractivity contribution in [1.82, 2.24) is 0 Å². The molecule has 0 aliphatic heterocycles. The Morgan fingerprint density at radius 2 is 1.96 bits per heavy atom. The number of hydrogen-bond donors (Lipinski definition) is 0. The van der Waals surface area contributed by atoms with Gasteiger partial charge in [-0.25, -0.2) is 9.18 Å². The summed E-state index contributed by atoms with van der Waals surface area (Å²) in [6, 6.07) is 0. The molecular weight excluding hydrogens is 339 g/mol. The highest BCUT2D eigenvalue weighted by Crippen LogP contribution is 2.55. The van der Waals surface area contributed by atoms with Gasteiger partial charge in [-0.2, -0.15) is 4.79 Å². The van der Waals surface area contributed by atoms with E-state index >= 15 is 4.39 Å². The van der Waals surface area contributed by atoms with E-state index in [9.17, 15) is 4.79 Å². The summed E-state index contributed by atoms with van der Waals surface area (Å²) in [4.78, 5) is 14.5. The number of ether oxygens (including phenoxy) is 1. The summed E-state index contributed by atoms with van der Waals surface area (Å²) in [6.45, 7) is 14.6. The first-order valence-corrected chi connectivity index (χ1v) is 12.0. The van der Waals surface area contributed by atoms with Crippen molar-refractivity contribution in [2.45, 2.75) is 83.5 Å². The van der Waals surface area contributed by atoms with Gasteiger partial charge in [-0.3, -0.25) is 0 Å². The predicted molar refractivity (Wildman–Crippen MR) is 96.5 cm³/mol. The molecule has 0 unspecified atom stereocenters. The SMILES string of the molecule is C[C@@H]1[C@@H]2CC[C@H]([C@H]1O[Si](C)(C)C(C)(C)C)[C@](C)(OC(=O)C=[N+]=[N-])[C@@H]2F. The number of fused-ring (bicyclic) bond motifs is 3. The first-order chi connectivity index (χ1) is 11.3. The molecule has 3 saturated carbocycles. The zero-order chi connectivity index (χ0) is 19.2. The molecule has 0 spiro atoms. The first-order valence-electron chi connectivity index (χ1n) is 9.07. The maximum absolute atomic E-state index is 15.2. The summed E-state index contributed by atoms with van der Waals surface area (Å²) < 4.78 is 27.3. The molecule has 3 fully saturated rings. The monoisotopic (exact) mass is 370 g/mol. The molecule has 3 aliphatic rings. The molecule has 0 aromatic heterocycles. The molecule has 0 N–H and O–H groups in total. The summed E-state index contributed by atoms with van der Waals surface area (Å²) >= 11 is 0. The normalized spacial score (nSPS) is 38.2. The second-order valence-corrected chi connectivity index (χ2v) is 14.1. The maximum atomic E-state index is 15.2. The average Bonchev–Trinajstić information content (AvgIpc) is 2.45. The third kappa shape index (κ3) is 3.46. The van der Waals surface area contributed by atoms with Crippen LogP contribution in [0.4, 0.5) is 4.39 Å². The molecule has 6 atom stereocenters. The van der Waals surface area contributed by atoms with Gasteiger partial charge in [-0.05, 0) is 49.7 Å². The molecule has 0 saturated heterocycles. The minimum Gasteiger partial charge on any atom is -0.448 e. The van der Waals surface area contributed by atoms with Gasteiger partial charge in [0.25, 0.3) is 0 Å². The maximum Gasteiger partial charge on any atom is 0.414 e. The van der Waals surface area contributed by atoms with Crippen LogP contribution in [0.3, 0.4) is 0 Å². The lowest BCUT2D eigenvalue weighted by Crippen LogP contribution is -2.67. The minimum absolute atomic E-state index is 0.0507. The van der Waals surface area contributed by atoms with Gasteiger partial charge in [-0.15, -0.1) is 0 Å². The molecule has 3 aliphatic carbocycles. The quantitative estimate of drug-likeness (QED) is 0.247. The Hall–Kier alpha value is -1.04. The Labute approximate surface area is 151 Å². The van der Waals surface area contributed by atoms with E-state index < -0.39 is 26.1 Å². The Morgan fingerprint density at radius 3 is 2.48 bits per heavy atom. The molecule has 0 aromatic carbocycles. The van der Waals surface area contributed by atoms with Crippen molar-refractivity contribution in [2.24, 2.45) is 17.8 Å². The molecule has 0 amide bonds. The zero-order valence-corrected chi connectivity index (χ0v) is 17.4. The topological polar surface area (TPSA) is 71.9 Å². The van der Waals surface area contributed by atoms with Gasteiger partial charge in [0.15, 0.2) is 8.32 Å². The lowest BCUT2D eigenvalue weighted by molar-refractivity contribution is -0.224. The predicted octanol–water partition coefficient (Wildman–Crippen LogP) is 3.99. The van der Waals surface area contributed by atoms with Crippen LogP contribution in [-0.4, -0.2) is 43.2 Å². The van der Waals surface area contributed by atoms with Crippen molar-refractivity contribution in [3.63, 3.8) is 0 Å². The Kier molecular flexibility index (Phi) is 5.35. The van der Waals surface area contributed by atoms with Crippen molar-refractivity contribution >= 4 is 20.5 Å². The number of carbonyl (C=O) groups is 1. The summed E-state index contributed by atoms with van der Waals surface area (Å²) in [7, 11) is -2.04. The third-order valence-corrected chi connectivity index (χ3v) is 11.3. The van der Waals surface area contributed by atoms with E-state index in [1.807, 2.05) is 0 Å². The molecule has 3 rings (SSSR count). The summed E-state index contributed by atoms with van der Waals surface area (Å²) in [5.74, 6) is -1.13. The van der Waals surface area contributed by atoms with Crippen molar-refractivity contribution in [3.05, 3.63) is 5.53 Å². The van der Waals surface area contributed by atoms with Gasteiger partial charge < -0.3 is 14.7 Å². The van der Waals surface area contributed by atoms with Crippen LogP contribution in [0.25, 0.3) is 5.53 Å². The lowest BCUT2D eigenvalue weighted by atomic mass is 9.56. The number of halogens is 1. The zero-order valence-electron chi connectivity index (χ0n) is 16.4. The van der Waals surface area contributed by atoms with Gasteiger partial charge in [0, 0.05) is 5.92 Å². The molecule has 5 nitrogen and oxygen atoms in total. The van der Waals surface area contributed by atoms with Crippen LogP contribution >= 0.6 is 0 Å². The van der Waals surface area contributed by atoms with Crippen LogP contribution in [0.1, 0.15) is 47.5 Å². The van der Waals surface area contributed by atoms with E-state index in [0.29, 0.717) is 6.21 Å². The van der Waals surface area contributed by atoms with E-state index in [2.05, 4.69) is 45.6 Å². The van der Waals surface area contributed by atoms with Gasteiger partial charge in [0.1, 0.15) is 11.8 Å². The van der Waals surface area contributed by atoms with Gasteiger partial charge in [-0.1, -0.05) is 27.7 Å². The molecule has 0 radical (unpaired) electrons. The number of hydrogen-bond acceptors (Lipinski definition) is 3. The van der Waals surface area contributed by atoms with E-state index in [0.717, 1.165) is 12.8 Å². The van der Waals surface area contributed by atoms with E-state index in [4.69, 9.17) is 14.7 Å². The van der Waals surface area contributed by atoms with Crippen molar-refractivity contribution in [1.29, 1.82) is 0 Å². The van der Waals surface area contributed by atoms with Crippen LogP contribution < -0.4 is 0 Å². The standard InChI is InChI=1S/C18H31FN2O3Si/c1-11-12-8-9-13(15(11)24-25(6,7)17(2,3)4)18(5,16(12)19)23-14(22)10-21-20/h10-13,15-16H,8-9H2,1-7H3/t11-,12+,13-,15+,16-,18+/m1/s1. The second-order valence-electron chi connectivity index (χ2n) is 9.30. The van der Waals surface area contributed by atoms with Crippen molar-refractivity contribution in [2.75, 3.05) is 0 Å². The van der Waals surface area contributed by atoms with Crippen LogP contribution in [0.15, 0.2) is 0 Å². The van der Waals surface area contributed by atoms with Crippen LogP contribution in [0.5, 0.6) is 0 Å². The van der Waals surface area contributed by atoms with Gasteiger partial charge in [0.05, 0.1) is 6.10 Å². The van der Waals surface area contributed by atoms with Gasteiger partial charge in [0.2, 0.25) is 0 Å². The van der Waals surface area contributed by atoms with Crippen molar-refractivity contribution < 1.29 is 23.1 Å². The number of carbonyl (C=O) groups excluding carboxylic acids is 1. The first kappa shape index (κ1) is 20.3. The molecular formula is C18H31FN2O3Si. The highest BCUT2D eigenvalue weighted by Gasteiger charge is 2.63. The van der Waals surface area contributed by atoms with E-state index in [-0.39, 0.29) is 28.9 Å². The Balaban J connectivity index is 2.34. The number of esters is 1. The highest BCUT2D eigenvalue weighted by molar-refractivity contribution is 6.74. The molecule has 0 aromatic rings. The third-order valence-electron chi connectivity index (χ3n) is 6.78. The molecule has 142 valence electrons. The lowest BCUT2D eigenvalue weighted by Gasteiger charge is -2.59. The second kappa shape index (κ2) is 6.60. The summed E-state index contributed by atoms with van der Waals surface area (Å²) in [6.07, 6.45) is 0.861. The smallest absolute Gasteiger partial charge is 0.414 e. The minimum atomic E-state index is -2.04. The van der Waals surface area contributed by atoms with E-state index in [1.165, 1.54) is 0 Å². The van der Waals surface area contributed by atoms with Gasteiger partial charge >= 0.3 is 12.2 Å². The Bertz CT molecular complexity index is 585. The fourth-order valence-corrected chi connectivity index (χ4v) is 5.61. The fraction of sp³-hybridized carbons (Fsp3) is 0.889. The fourth-order valence-electron chi connectivity index (χ4n) is 4.19. The molecule has 25 heavy (non-hydrogen) atoms.